The van der Waals surface area contributed by atoms with Crippen LogP contribution >= 0.6 is 0 Å². The monoisotopic (exact) mass is 214 g/mol. The van der Waals surface area contributed by atoms with Gasteiger partial charge in [0.1, 0.15) is 5.75 Å². The molecular formula is C11H9F3O. The number of halogens is 3. The summed E-state index contributed by atoms with van der Waals surface area (Å²) < 4.78 is 40.0. The molecule has 15 heavy (non-hydrogen) atoms. The summed E-state index contributed by atoms with van der Waals surface area (Å²) in [6.45, 7) is 0. The fourth-order valence-electron chi connectivity index (χ4n) is 0.990. The van der Waals surface area contributed by atoms with Gasteiger partial charge in [0, 0.05) is 12.3 Å². The van der Waals surface area contributed by atoms with Crippen molar-refractivity contribution in [3.8, 4) is 17.6 Å². The fraction of sp³-hybridized carbons (Fsp3) is 0.273. The molecule has 0 aliphatic heterocycles. The Bertz CT molecular complexity index is 368. The third-order valence-corrected chi connectivity index (χ3v) is 1.68. The molecule has 0 aromatic heterocycles. The van der Waals surface area contributed by atoms with Gasteiger partial charge >= 0.3 is 6.18 Å². The van der Waals surface area contributed by atoms with Gasteiger partial charge in [-0.05, 0) is 17.7 Å². The van der Waals surface area contributed by atoms with Crippen LogP contribution < -0.4 is 4.74 Å². The van der Waals surface area contributed by atoms with E-state index in [0.29, 0.717) is 5.75 Å². The van der Waals surface area contributed by atoms with Crippen LogP contribution in [0.25, 0.3) is 0 Å². The molecule has 1 rings (SSSR count). The summed E-state index contributed by atoms with van der Waals surface area (Å²) >= 11 is 0. The van der Waals surface area contributed by atoms with Crippen molar-refractivity contribution in [2.45, 2.75) is 12.6 Å². The van der Waals surface area contributed by atoms with Crippen LogP contribution in [0.1, 0.15) is 5.56 Å². The number of rotatable bonds is 2. The normalized spacial score (nSPS) is 10.4. The van der Waals surface area contributed by atoms with Gasteiger partial charge in [-0.1, -0.05) is 18.1 Å². The summed E-state index contributed by atoms with van der Waals surface area (Å²) in [5, 5.41) is 0. The predicted molar refractivity (Wildman–Crippen MR) is 50.5 cm³/mol. The second-order valence-electron chi connectivity index (χ2n) is 2.82. The Kier molecular flexibility index (Phi) is 3.62. The van der Waals surface area contributed by atoms with Gasteiger partial charge in [-0.15, -0.1) is 0 Å². The van der Waals surface area contributed by atoms with Gasteiger partial charge in [-0.3, -0.25) is 0 Å². The zero-order chi connectivity index (χ0) is 11.3. The second kappa shape index (κ2) is 4.74. The maximum absolute atomic E-state index is 11.7. The van der Waals surface area contributed by atoms with Crippen molar-refractivity contribution in [1.29, 1.82) is 0 Å². The van der Waals surface area contributed by atoms with Crippen molar-refractivity contribution < 1.29 is 17.9 Å². The summed E-state index contributed by atoms with van der Waals surface area (Å²) in [5.74, 6) is 3.95. The van der Waals surface area contributed by atoms with Gasteiger partial charge < -0.3 is 4.74 Å². The second-order valence-corrected chi connectivity index (χ2v) is 2.82. The van der Waals surface area contributed by atoms with Gasteiger partial charge in [0.05, 0.1) is 7.11 Å². The first-order valence-electron chi connectivity index (χ1n) is 4.21. The van der Waals surface area contributed by atoms with E-state index >= 15 is 0 Å². The lowest BCUT2D eigenvalue weighted by molar-refractivity contribution is -0.0697. The standard InChI is InChI=1S/C11H9F3O/c1-15-10-6-4-9(5-7-10)3-2-8-11(12,13)14/h4-7H,3H2,1H3. The van der Waals surface area contributed by atoms with Gasteiger partial charge in [0.15, 0.2) is 0 Å². The Hall–Kier alpha value is -1.63. The van der Waals surface area contributed by atoms with Crippen LogP contribution in [0.4, 0.5) is 13.2 Å². The molecule has 0 aliphatic carbocycles. The van der Waals surface area contributed by atoms with E-state index in [0.717, 1.165) is 5.56 Å². The SMILES string of the molecule is COc1ccc(CC#CC(F)(F)F)cc1. The Morgan fingerprint density at radius 3 is 2.27 bits per heavy atom. The molecule has 0 spiro atoms. The highest BCUT2D eigenvalue weighted by Gasteiger charge is 2.22. The molecule has 0 amide bonds. The van der Waals surface area contributed by atoms with E-state index in [1.165, 1.54) is 13.0 Å². The number of benzene rings is 1. The lowest BCUT2D eigenvalue weighted by Crippen LogP contribution is -2.01. The van der Waals surface area contributed by atoms with Crippen molar-refractivity contribution >= 4 is 0 Å². The van der Waals surface area contributed by atoms with E-state index in [2.05, 4.69) is 5.92 Å². The van der Waals surface area contributed by atoms with E-state index in [9.17, 15) is 13.2 Å². The van der Waals surface area contributed by atoms with Crippen molar-refractivity contribution in [1.82, 2.24) is 0 Å². The van der Waals surface area contributed by atoms with E-state index in [-0.39, 0.29) is 6.42 Å². The van der Waals surface area contributed by atoms with Crippen molar-refractivity contribution in [2.75, 3.05) is 7.11 Å². The van der Waals surface area contributed by atoms with Gasteiger partial charge in [-0.25, -0.2) is 0 Å². The minimum Gasteiger partial charge on any atom is -0.497 e. The van der Waals surface area contributed by atoms with E-state index in [1.54, 1.807) is 24.3 Å². The van der Waals surface area contributed by atoms with Crippen LogP contribution in [-0.2, 0) is 6.42 Å². The highest BCUT2D eigenvalue weighted by Crippen LogP contribution is 2.13. The summed E-state index contributed by atoms with van der Waals surface area (Å²) in [4.78, 5) is 0. The molecule has 80 valence electrons. The van der Waals surface area contributed by atoms with Crippen LogP contribution in [0.5, 0.6) is 5.75 Å². The third kappa shape index (κ3) is 4.41. The van der Waals surface area contributed by atoms with E-state index in [4.69, 9.17) is 4.74 Å². The molecule has 0 heterocycles. The zero-order valence-electron chi connectivity index (χ0n) is 8.06. The number of methoxy groups -OCH3 is 1. The minimum atomic E-state index is -4.41. The Morgan fingerprint density at radius 1 is 1.20 bits per heavy atom. The maximum Gasteiger partial charge on any atom is 0.457 e. The van der Waals surface area contributed by atoms with Gasteiger partial charge in [-0.2, -0.15) is 13.2 Å². The third-order valence-electron chi connectivity index (χ3n) is 1.68. The number of ether oxygens (including phenoxy) is 1. The predicted octanol–water partition coefficient (Wildman–Crippen LogP) is 2.80. The Balaban J connectivity index is 2.61. The largest absolute Gasteiger partial charge is 0.497 e. The summed E-state index contributed by atoms with van der Waals surface area (Å²) in [5.41, 5.74) is 0.729. The first-order valence-corrected chi connectivity index (χ1v) is 4.21. The quantitative estimate of drug-likeness (QED) is 0.688. The van der Waals surface area contributed by atoms with Crippen LogP contribution in [-0.4, -0.2) is 13.3 Å². The fourth-order valence-corrected chi connectivity index (χ4v) is 0.990. The van der Waals surface area contributed by atoms with Crippen LogP contribution in [0.2, 0.25) is 0 Å². The first kappa shape index (κ1) is 11.4. The molecule has 0 N–H and O–H groups in total. The molecule has 4 heteroatoms. The number of hydrogen-bond acceptors (Lipinski definition) is 1. The average Bonchev–Trinajstić information content (AvgIpc) is 2.17. The first-order chi connectivity index (χ1) is 7.01. The highest BCUT2D eigenvalue weighted by molar-refractivity contribution is 5.29. The van der Waals surface area contributed by atoms with Crippen molar-refractivity contribution in [3.05, 3.63) is 29.8 Å². The molecule has 1 aromatic carbocycles. The van der Waals surface area contributed by atoms with Crippen LogP contribution in [0, 0.1) is 11.8 Å². The molecule has 0 saturated carbocycles. The van der Waals surface area contributed by atoms with E-state index < -0.39 is 6.18 Å². The summed E-state index contributed by atoms with van der Waals surface area (Å²) in [6.07, 6.45) is -4.32. The lowest BCUT2D eigenvalue weighted by Gasteiger charge is -1.99. The zero-order valence-corrected chi connectivity index (χ0v) is 8.06. The summed E-state index contributed by atoms with van der Waals surface area (Å²) in [7, 11) is 1.53. The summed E-state index contributed by atoms with van der Waals surface area (Å²) in [6, 6.07) is 6.74. The molecule has 0 bridgehead atoms. The molecule has 0 aliphatic rings. The van der Waals surface area contributed by atoms with Crippen LogP contribution in [0.15, 0.2) is 24.3 Å². The smallest absolute Gasteiger partial charge is 0.457 e. The molecular weight excluding hydrogens is 205 g/mol. The molecule has 1 aromatic rings. The topological polar surface area (TPSA) is 9.23 Å². The molecule has 0 radical (unpaired) electrons. The molecule has 1 nitrogen and oxygen atoms in total. The Labute approximate surface area is 85.9 Å². The molecule has 0 fully saturated rings. The molecule has 0 atom stereocenters. The highest BCUT2D eigenvalue weighted by atomic mass is 19.4. The molecule has 0 saturated heterocycles. The number of alkyl halides is 3. The van der Waals surface area contributed by atoms with Gasteiger partial charge in [0.25, 0.3) is 0 Å². The van der Waals surface area contributed by atoms with E-state index in [1.807, 2.05) is 0 Å². The molecule has 0 unspecified atom stereocenters. The van der Waals surface area contributed by atoms with Crippen molar-refractivity contribution in [3.63, 3.8) is 0 Å². The van der Waals surface area contributed by atoms with Crippen molar-refractivity contribution in [2.24, 2.45) is 0 Å². The maximum atomic E-state index is 11.7. The number of hydrogen-bond donors (Lipinski definition) is 0. The van der Waals surface area contributed by atoms with Gasteiger partial charge in [0.2, 0.25) is 0 Å². The average molecular weight is 214 g/mol. The van der Waals surface area contributed by atoms with Crippen LogP contribution in [0.3, 0.4) is 0 Å². The minimum absolute atomic E-state index is 0.0868. The Morgan fingerprint density at radius 2 is 1.80 bits per heavy atom. The lowest BCUT2D eigenvalue weighted by atomic mass is 10.1.